The van der Waals surface area contributed by atoms with E-state index < -0.39 is 0 Å². The summed E-state index contributed by atoms with van der Waals surface area (Å²) in [7, 11) is 1.86. The number of nitrogens with zero attached hydrogens (tertiary/aromatic N) is 5. The number of aryl methyl sites for hydroxylation is 2. The van der Waals surface area contributed by atoms with E-state index in [1.54, 1.807) is 0 Å². The van der Waals surface area contributed by atoms with E-state index in [9.17, 15) is 0 Å². The van der Waals surface area contributed by atoms with Crippen molar-refractivity contribution in [3.8, 4) is 0 Å². The molecule has 1 unspecified atom stereocenters. The van der Waals surface area contributed by atoms with Crippen molar-refractivity contribution in [3.63, 3.8) is 0 Å². The van der Waals surface area contributed by atoms with Gasteiger partial charge >= 0.3 is 0 Å². The van der Waals surface area contributed by atoms with Gasteiger partial charge in [-0.3, -0.25) is 4.99 Å². The molecule has 2 aromatic rings. The fraction of sp³-hybridized carbons (Fsp3) is 0.550. The van der Waals surface area contributed by atoms with Crippen LogP contribution >= 0.6 is 11.5 Å². The summed E-state index contributed by atoms with van der Waals surface area (Å²) < 4.78 is 4.40. The van der Waals surface area contributed by atoms with Crippen LogP contribution in [0.3, 0.4) is 0 Å². The van der Waals surface area contributed by atoms with Crippen molar-refractivity contribution >= 4 is 22.6 Å². The number of rotatable bonds is 5. The Labute approximate surface area is 166 Å². The Balaban J connectivity index is 1.50. The van der Waals surface area contributed by atoms with Gasteiger partial charge < -0.3 is 15.1 Å². The summed E-state index contributed by atoms with van der Waals surface area (Å²) in [6.07, 6.45) is 0.895. The van der Waals surface area contributed by atoms with E-state index in [0.717, 1.165) is 56.1 Å². The van der Waals surface area contributed by atoms with Crippen molar-refractivity contribution < 1.29 is 0 Å². The molecule has 1 atom stereocenters. The fourth-order valence-corrected chi connectivity index (χ4v) is 4.02. The average molecular weight is 387 g/mol. The zero-order valence-corrected chi connectivity index (χ0v) is 17.6. The van der Waals surface area contributed by atoms with Gasteiger partial charge in [0.2, 0.25) is 5.13 Å². The largest absolute Gasteiger partial charge is 0.356 e. The van der Waals surface area contributed by atoms with Crippen molar-refractivity contribution in [3.05, 3.63) is 41.2 Å². The minimum Gasteiger partial charge on any atom is -0.356 e. The van der Waals surface area contributed by atoms with Gasteiger partial charge in [0.05, 0.1) is 0 Å². The van der Waals surface area contributed by atoms with Gasteiger partial charge in [-0.25, -0.2) is 4.98 Å². The van der Waals surface area contributed by atoms with Crippen molar-refractivity contribution in [1.29, 1.82) is 0 Å². The molecule has 146 valence electrons. The first kappa shape index (κ1) is 19.6. The lowest BCUT2D eigenvalue weighted by atomic mass is 10.0. The molecule has 0 bridgehead atoms. The van der Waals surface area contributed by atoms with Crippen LogP contribution in [0.25, 0.3) is 0 Å². The smallest absolute Gasteiger partial charge is 0.205 e. The average Bonchev–Trinajstić information content (AvgIpc) is 3.18. The maximum atomic E-state index is 4.61. The van der Waals surface area contributed by atoms with Crippen LogP contribution in [0.5, 0.6) is 0 Å². The molecule has 27 heavy (non-hydrogen) atoms. The topological polar surface area (TPSA) is 56.7 Å². The predicted octanol–water partition coefficient (Wildman–Crippen LogP) is 2.91. The molecule has 1 saturated heterocycles. The molecule has 1 aromatic heterocycles. The molecule has 0 aliphatic carbocycles. The van der Waals surface area contributed by atoms with Gasteiger partial charge in [-0.05, 0) is 18.4 Å². The number of hydrogen-bond acceptors (Lipinski definition) is 5. The summed E-state index contributed by atoms with van der Waals surface area (Å²) >= 11 is 1.51. The Morgan fingerprint density at radius 3 is 2.52 bits per heavy atom. The molecular weight excluding hydrogens is 356 g/mol. The summed E-state index contributed by atoms with van der Waals surface area (Å²) in [5, 5.41) is 4.60. The Morgan fingerprint density at radius 2 is 1.93 bits per heavy atom. The standard InChI is InChI=1S/C20H30N6S/c1-5-18-23-20(27-24-18)26-12-10-25(11-13-26)19(21-4)22-14-16(3)17-8-6-15(2)7-9-17/h6-9,16H,5,10-14H2,1-4H3,(H,21,22). The predicted molar refractivity (Wildman–Crippen MR) is 114 cm³/mol. The maximum absolute atomic E-state index is 4.61. The van der Waals surface area contributed by atoms with Crippen molar-refractivity contribution in [2.75, 3.05) is 44.7 Å². The number of aliphatic imine (C=N–C) groups is 1. The first-order valence-corrected chi connectivity index (χ1v) is 10.5. The van der Waals surface area contributed by atoms with Crippen LogP contribution in [-0.2, 0) is 6.42 Å². The number of nitrogens with one attached hydrogen (secondary N) is 1. The number of aromatic nitrogens is 2. The molecule has 3 rings (SSSR count). The summed E-state index contributed by atoms with van der Waals surface area (Å²) in [6.45, 7) is 11.1. The van der Waals surface area contributed by atoms with E-state index in [4.69, 9.17) is 0 Å². The quantitative estimate of drug-likeness (QED) is 0.632. The number of guanidine groups is 1. The van der Waals surface area contributed by atoms with Gasteiger partial charge in [-0.1, -0.05) is 43.7 Å². The molecule has 0 saturated carbocycles. The molecule has 0 radical (unpaired) electrons. The Morgan fingerprint density at radius 1 is 1.22 bits per heavy atom. The number of benzene rings is 1. The second-order valence-corrected chi connectivity index (χ2v) is 7.79. The molecule has 1 fully saturated rings. The zero-order valence-electron chi connectivity index (χ0n) is 16.8. The van der Waals surface area contributed by atoms with Crippen molar-refractivity contribution in [1.82, 2.24) is 19.6 Å². The zero-order chi connectivity index (χ0) is 19.2. The molecule has 2 heterocycles. The summed E-state index contributed by atoms with van der Waals surface area (Å²) in [5.74, 6) is 2.37. The van der Waals surface area contributed by atoms with E-state index in [-0.39, 0.29) is 0 Å². The SMILES string of the molecule is CCc1nsc(N2CCN(C(=NC)NCC(C)c3ccc(C)cc3)CC2)n1. The molecular formula is C20H30N6S. The van der Waals surface area contributed by atoms with Crippen molar-refractivity contribution in [2.45, 2.75) is 33.1 Å². The maximum Gasteiger partial charge on any atom is 0.205 e. The molecule has 1 aliphatic heterocycles. The van der Waals surface area contributed by atoms with E-state index in [0.29, 0.717) is 5.92 Å². The minimum atomic E-state index is 0.442. The lowest BCUT2D eigenvalue weighted by molar-refractivity contribution is 0.371. The minimum absolute atomic E-state index is 0.442. The van der Waals surface area contributed by atoms with Crippen LogP contribution in [0.4, 0.5) is 5.13 Å². The Kier molecular flexibility index (Phi) is 6.66. The lowest BCUT2D eigenvalue weighted by Crippen LogP contribution is -2.53. The second kappa shape index (κ2) is 9.17. The number of hydrogen-bond donors (Lipinski definition) is 1. The molecule has 1 aromatic carbocycles. The van der Waals surface area contributed by atoms with E-state index in [2.05, 4.69) is 74.5 Å². The van der Waals surface area contributed by atoms with Crippen LogP contribution < -0.4 is 10.2 Å². The fourth-order valence-electron chi connectivity index (χ4n) is 3.22. The van der Waals surface area contributed by atoms with Gasteiger partial charge in [0.1, 0.15) is 5.82 Å². The highest BCUT2D eigenvalue weighted by molar-refractivity contribution is 7.09. The molecule has 0 amide bonds. The molecule has 6 nitrogen and oxygen atoms in total. The third kappa shape index (κ3) is 4.97. The van der Waals surface area contributed by atoms with Crippen molar-refractivity contribution in [2.24, 2.45) is 4.99 Å². The van der Waals surface area contributed by atoms with Crippen LogP contribution in [0.1, 0.15) is 36.7 Å². The Hall–Kier alpha value is -2.15. The van der Waals surface area contributed by atoms with Gasteiger partial charge in [0.15, 0.2) is 5.96 Å². The van der Waals surface area contributed by atoms with Crippen LogP contribution in [0, 0.1) is 6.92 Å². The summed E-state index contributed by atoms with van der Waals surface area (Å²) in [4.78, 5) is 13.8. The van der Waals surface area contributed by atoms with Crippen LogP contribution in [0.15, 0.2) is 29.3 Å². The second-order valence-electron chi connectivity index (χ2n) is 7.06. The summed E-state index contributed by atoms with van der Waals surface area (Å²) in [6, 6.07) is 8.79. The first-order valence-electron chi connectivity index (χ1n) is 9.70. The van der Waals surface area contributed by atoms with E-state index in [1.807, 2.05) is 7.05 Å². The third-order valence-corrected chi connectivity index (χ3v) is 5.86. The van der Waals surface area contributed by atoms with Gasteiger partial charge in [-0.2, -0.15) is 4.37 Å². The molecule has 0 spiro atoms. The highest BCUT2D eigenvalue weighted by atomic mass is 32.1. The molecule has 1 N–H and O–H groups in total. The van der Waals surface area contributed by atoms with Crippen LogP contribution in [-0.4, -0.2) is 60.0 Å². The lowest BCUT2D eigenvalue weighted by Gasteiger charge is -2.36. The van der Waals surface area contributed by atoms with Gasteiger partial charge in [0.25, 0.3) is 0 Å². The van der Waals surface area contributed by atoms with E-state index in [1.165, 1.54) is 22.7 Å². The molecule has 1 aliphatic rings. The highest BCUT2D eigenvalue weighted by Gasteiger charge is 2.22. The number of piperazine rings is 1. The molecule has 7 heteroatoms. The Bertz CT molecular complexity index is 746. The van der Waals surface area contributed by atoms with Gasteiger partial charge in [-0.15, -0.1) is 0 Å². The summed E-state index contributed by atoms with van der Waals surface area (Å²) in [5.41, 5.74) is 2.66. The van der Waals surface area contributed by atoms with Crippen LogP contribution in [0.2, 0.25) is 0 Å². The highest BCUT2D eigenvalue weighted by Crippen LogP contribution is 2.19. The monoisotopic (exact) mass is 386 g/mol. The number of anilines is 1. The van der Waals surface area contributed by atoms with E-state index >= 15 is 0 Å². The normalized spacial score (nSPS) is 16.5. The first-order chi connectivity index (χ1) is 13.1. The third-order valence-electron chi connectivity index (χ3n) is 5.05. The van der Waals surface area contributed by atoms with Gasteiger partial charge in [0, 0.05) is 57.7 Å².